The minimum Gasteiger partial charge on any atom is -0.338 e. The van der Waals surface area contributed by atoms with Gasteiger partial charge in [-0.2, -0.15) is 0 Å². The molecule has 92 valence electrons. The van der Waals surface area contributed by atoms with Gasteiger partial charge in [-0.25, -0.2) is 0 Å². The summed E-state index contributed by atoms with van der Waals surface area (Å²) in [7, 11) is 0. The standard InChI is InChI=1S/C13H15BrClNO/c14-6-1-2-7-16-8-5-10-9-11(15)3-4-12(10)13(16)17/h3-4,9H,1-2,5-8H2. The molecule has 0 spiro atoms. The lowest BCUT2D eigenvalue weighted by Gasteiger charge is -2.28. The molecule has 0 atom stereocenters. The molecule has 2 rings (SSSR count). The van der Waals surface area contributed by atoms with Gasteiger partial charge < -0.3 is 4.90 Å². The van der Waals surface area contributed by atoms with Crippen LogP contribution < -0.4 is 0 Å². The molecule has 2 nitrogen and oxygen atoms in total. The topological polar surface area (TPSA) is 20.3 Å². The molecule has 0 radical (unpaired) electrons. The van der Waals surface area contributed by atoms with Crippen molar-refractivity contribution in [1.29, 1.82) is 0 Å². The molecule has 1 amide bonds. The summed E-state index contributed by atoms with van der Waals surface area (Å²) in [6.07, 6.45) is 3.08. The number of rotatable bonds is 4. The van der Waals surface area contributed by atoms with Gasteiger partial charge in [0, 0.05) is 29.0 Å². The molecular formula is C13H15BrClNO. The Balaban J connectivity index is 2.08. The van der Waals surface area contributed by atoms with Gasteiger partial charge in [-0.1, -0.05) is 27.5 Å². The Hall–Kier alpha value is -0.540. The Morgan fingerprint density at radius 2 is 2.18 bits per heavy atom. The van der Waals surface area contributed by atoms with E-state index in [1.807, 2.05) is 17.0 Å². The number of halogens is 2. The summed E-state index contributed by atoms with van der Waals surface area (Å²) in [6, 6.07) is 5.54. The van der Waals surface area contributed by atoms with Crippen molar-refractivity contribution < 1.29 is 4.79 Å². The summed E-state index contributed by atoms with van der Waals surface area (Å²) in [5.41, 5.74) is 1.90. The third-order valence-electron chi connectivity index (χ3n) is 3.05. The normalized spacial score (nSPS) is 14.9. The van der Waals surface area contributed by atoms with E-state index >= 15 is 0 Å². The molecule has 0 bridgehead atoms. The first-order valence-corrected chi connectivity index (χ1v) is 7.36. The van der Waals surface area contributed by atoms with Crippen LogP contribution in [0.3, 0.4) is 0 Å². The number of hydrogen-bond acceptors (Lipinski definition) is 1. The average Bonchev–Trinajstić information content (AvgIpc) is 2.32. The average molecular weight is 317 g/mol. The van der Waals surface area contributed by atoms with Crippen LogP contribution in [0, 0.1) is 0 Å². The highest BCUT2D eigenvalue weighted by Gasteiger charge is 2.23. The fourth-order valence-corrected chi connectivity index (χ4v) is 2.71. The van der Waals surface area contributed by atoms with E-state index in [-0.39, 0.29) is 5.91 Å². The number of carbonyl (C=O) groups is 1. The monoisotopic (exact) mass is 315 g/mol. The maximum Gasteiger partial charge on any atom is 0.254 e. The smallest absolute Gasteiger partial charge is 0.254 e. The fraction of sp³-hybridized carbons (Fsp3) is 0.462. The second-order valence-electron chi connectivity index (χ2n) is 4.24. The van der Waals surface area contributed by atoms with Gasteiger partial charge in [-0.05, 0) is 43.0 Å². The van der Waals surface area contributed by atoms with E-state index in [0.717, 1.165) is 48.8 Å². The van der Waals surface area contributed by atoms with E-state index in [2.05, 4.69) is 15.9 Å². The molecule has 4 heteroatoms. The zero-order chi connectivity index (χ0) is 12.3. The van der Waals surface area contributed by atoms with Crippen LogP contribution in [0.1, 0.15) is 28.8 Å². The van der Waals surface area contributed by atoms with Gasteiger partial charge in [0.1, 0.15) is 0 Å². The number of unbranched alkanes of at least 4 members (excludes halogenated alkanes) is 1. The molecule has 0 saturated carbocycles. The number of fused-ring (bicyclic) bond motifs is 1. The van der Waals surface area contributed by atoms with E-state index in [1.165, 1.54) is 0 Å². The largest absolute Gasteiger partial charge is 0.338 e. The van der Waals surface area contributed by atoms with Crippen LogP contribution in [-0.2, 0) is 6.42 Å². The van der Waals surface area contributed by atoms with Gasteiger partial charge in [0.2, 0.25) is 0 Å². The maximum absolute atomic E-state index is 12.2. The first kappa shape index (κ1) is 12.9. The highest BCUT2D eigenvalue weighted by Crippen LogP contribution is 2.22. The van der Waals surface area contributed by atoms with Crippen LogP contribution in [0.15, 0.2) is 18.2 Å². The molecule has 1 heterocycles. The summed E-state index contributed by atoms with van der Waals surface area (Å²) < 4.78 is 0. The second-order valence-corrected chi connectivity index (χ2v) is 5.47. The van der Waals surface area contributed by atoms with E-state index in [4.69, 9.17) is 11.6 Å². The lowest BCUT2D eigenvalue weighted by Crippen LogP contribution is -2.38. The van der Waals surface area contributed by atoms with Gasteiger partial charge in [-0.15, -0.1) is 0 Å². The summed E-state index contributed by atoms with van der Waals surface area (Å²) in [5.74, 6) is 0.150. The number of carbonyl (C=O) groups excluding carboxylic acids is 1. The van der Waals surface area contributed by atoms with Crippen LogP contribution in [0.2, 0.25) is 5.02 Å². The molecule has 0 unspecified atom stereocenters. The lowest BCUT2D eigenvalue weighted by molar-refractivity contribution is 0.0738. The highest BCUT2D eigenvalue weighted by atomic mass is 79.9. The minimum atomic E-state index is 0.150. The lowest BCUT2D eigenvalue weighted by atomic mass is 9.99. The molecule has 0 fully saturated rings. The van der Waals surface area contributed by atoms with E-state index < -0.39 is 0 Å². The summed E-state index contributed by atoms with van der Waals surface area (Å²) >= 11 is 9.34. The van der Waals surface area contributed by atoms with Crippen molar-refractivity contribution in [2.45, 2.75) is 19.3 Å². The van der Waals surface area contributed by atoms with Gasteiger partial charge in [-0.3, -0.25) is 4.79 Å². The number of amides is 1. The Labute approximate surface area is 115 Å². The van der Waals surface area contributed by atoms with Crippen LogP contribution in [0.4, 0.5) is 0 Å². The van der Waals surface area contributed by atoms with Crippen molar-refractivity contribution in [3.05, 3.63) is 34.3 Å². The molecule has 0 aliphatic carbocycles. The fourth-order valence-electron chi connectivity index (χ4n) is 2.12. The third kappa shape index (κ3) is 3.02. The van der Waals surface area contributed by atoms with Crippen LogP contribution >= 0.6 is 27.5 Å². The van der Waals surface area contributed by atoms with Gasteiger partial charge in [0.15, 0.2) is 0 Å². The number of alkyl halides is 1. The van der Waals surface area contributed by atoms with Gasteiger partial charge in [0.05, 0.1) is 0 Å². The molecule has 1 aromatic carbocycles. The zero-order valence-corrected chi connectivity index (χ0v) is 11.9. The Kier molecular flexibility index (Phi) is 4.46. The second kappa shape index (κ2) is 5.87. The summed E-state index contributed by atoms with van der Waals surface area (Å²) in [6.45, 7) is 1.67. The van der Waals surface area contributed by atoms with Crippen molar-refractivity contribution >= 4 is 33.4 Å². The molecule has 1 aliphatic heterocycles. The van der Waals surface area contributed by atoms with Crippen molar-refractivity contribution in [2.24, 2.45) is 0 Å². The number of nitrogens with zero attached hydrogens (tertiary/aromatic N) is 1. The van der Waals surface area contributed by atoms with Crippen molar-refractivity contribution in [2.75, 3.05) is 18.4 Å². The number of benzene rings is 1. The van der Waals surface area contributed by atoms with Crippen LogP contribution in [0.25, 0.3) is 0 Å². The van der Waals surface area contributed by atoms with Gasteiger partial charge in [0.25, 0.3) is 5.91 Å². The molecule has 0 saturated heterocycles. The maximum atomic E-state index is 12.2. The third-order valence-corrected chi connectivity index (χ3v) is 3.84. The molecular weight excluding hydrogens is 302 g/mol. The van der Waals surface area contributed by atoms with E-state index in [0.29, 0.717) is 5.02 Å². The minimum absolute atomic E-state index is 0.150. The Bertz CT molecular complexity index is 422. The Morgan fingerprint density at radius 3 is 2.94 bits per heavy atom. The predicted octanol–water partition coefficient (Wildman–Crippen LogP) is 3.51. The zero-order valence-electron chi connectivity index (χ0n) is 9.59. The molecule has 17 heavy (non-hydrogen) atoms. The van der Waals surface area contributed by atoms with Crippen molar-refractivity contribution in [3.8, 4) is 0 Å². The number of hydrogen-bond donors (Lipinski definition) is 0. The quantitative estimate of drug-likeness (QED) is 0.615. The van der Waals surface area contributed by atoms with Crippen LogP contribution in [0.5, 0.6) is 0 Å². The van der Waals surface area contributed by atoms with E-state index in [9.17, 15) is 4.79 Å². The van der Waals surface area contributed by atoms with Gasteiger partial charge >= 0.3 is 0 Å². The SMILES string of the molecule is O=C1c2ccc(Cl)cc2CCN1CCCCBr. The van der Waals surface area contributed by atoms with Crippen LogP contribution in [-0.4, -0.2) is 29.2 Å². The van der Waals surface area contributed by atoms with E-state index in [1.54, 1.807) is 6.07 Å². The summed E-state index contributed by atoms with van der Waals surface area (Å²) in [5, 5.41) is 1.71. The molecule has 0 N–H and O–H groups in total. The molecule has 1 aliphatic rings. The molecule has 0 aromatic heterocycles. The first-order chi connectivity index (χ1) is 8.22. The Morgan fingerprint density at radius 1 is 1.35 bits per heavy atom. The highest BCUT2D eigenvalue weighted by molar-refractivity contribution is 9.09. The first-order valence-electron chi connectivity index (χ1n) is 5.86. The predicted molar refractivity (Wildman–Crippen MR) is 74.1 cm³/mol. The van der Waals surface area contributed by atoms with Crippen molar-refractivity contribution in [1.82, 2.24) is 4.90 Å². The van der Waals surface area contributed by atoms with Crippen molar-refractivity contribution in [3.63, 3.8) is 0 Å². The molecule has 1 aromatic rings. The summed E-state index contributed by atoms with van der Waals surface area (Å²) in [4.78, 5) is 14.1.